The van der Waals surface area contributed by atoms with Crippen molar-refractivity contribution in [3.8, 4) is 5.75 Å². The van der Waals surface area contributed by atoms with Gasteiger partial charge < -0.3 is 25.0 Å². The van der Waals surface area contributed by atoms with Gasteiger partial charge in [-0.15, -0.1) is 13.2 Å². The summed E-state index contributed by atoms with van der Waals surface area (Å²) >= 11 is 0. The fraction of sp³-hybridized carbons (Fsp3) is 0.438. The number of benzene rings is 2. The van der Waals surface area contributed by atoms with Crippen molar-refractivity contribution in [1.29, 1.82) is 0 Å². The van der Waals surface area contributed by atoms with E-state index in [1.54, 1.807) is 24.2 Å². The molecule has 2 aliphatic rings. The molecule has 1 saturated heterocycles. The van der Waals surface area contributed by atoms with Gasteiger partial charge >= 0.3 is 0 Å². The van der Waals surface area contributed by atoms with Gasteiger partial charge in [0.2, 0.25) is 11.8 Å². The number of nitrogens with zero attached hydrogens (tertiary/aromatic N) is 1. The monoisotopic (exact) mass is 531 g/mol. The van der Waals surface area contributed by atoms with Crippen LogP contribution in [0.5, 0.6) is 5.75 Å². The van der Waals surface area contributed by atoms with Gasteiger partial charge in [0.1, 0.15) is 11.8 Å². The quantitative estimate of drug-likeness (QED) is 0.327. The molecule has 4 rings (SSSR count). The highest BCUT2D eigenvalue weighted by atomic mass is 16.5. The molecule has 4 atom stereocenters. The van der Waals surface area contributed by atoms with E-state index in [1.165, 1.54) is 11.1 Å². The maximum Gasteiger partial charge on any atom is 0.243 e. The fourth-order valence-corrected chi connectivity index (χ4v) is 5.66. The minimum Gasteiger partial charge on any atom is -0.497 e. The molecule has 2 N–H and O–H groups in total. The predicted octanol–water partition coefficient (Wildman–Crippen LogP) is 4.66. The van der Waals surface area contributed by atoms with Crippen LogP contribution in [-0.4, -0.2) is 55.6 Å². The Bertz CT molecular complexity index is 1140. The summed E-state index contributed by atoms with van der Waals surface area (Å²) in [5, 5.41) is 6.98. The normalized spacial score (nSPS) is 19.8. The van der Waals surface area contributed by atoms with Crippen molar-refractivity contribution in [2.45, 2.75) is 62.8 Å². The molecule has 0 bridgehead atoms. The first-order valence-electron chi connectivity index (χ1n) is 13.9. The molecule has 3 unspecified atom stereocenters. The largest absolute Gasteiger partial charge is 0.497 e. The van der Waals surface area contributed by atoms with Crippen molar-refractivity contribution in [2.24, 2.45) is 0 Å². The van der Waals surface area contributed by atoms with E-state index in [9.17, 15) is 9.59 Å². The molecule has 0 aromatic heterocycles. The Morgan fingerprint density at radius 2 is 1.97 bits per heavy atom. The standard InChI is InChI=1S/C32H41N3O4/c1-4-10-29(35-18-9-13-31(35)36)32(37)34-24(20-23-11-7-6-8-12-23)16-17-33-28-22-30(39-19-5-2)26-15-14-25(38-3)21-27(26)28/h4-8,11-12,14-15,21,24,28-30,33H,1-2,9-10,13,16-20,22H2,3H3,(H,34,37)/t24-,28?,29?,30?/m1/s1. The Kier molecular flexibility index (Phi) is 10.3. The zero-order valence-corrected chi connectivity index (χ0v) is 22.9. The number of hydrogen-bond acceptors (Lipinski definition) is 5. The molecule has 39 heavy (non-hydrogen) atoms. The average molecular weight is 532 g/mol. The van der Waals surface area contributed by atoms with Crippen molar-refractivity contribution in [1.82, 2.24) is 15.5 Å². The summed E-state index contributed by atoms with van der Waals surface area (Å²) in [6, 6.07) is 15.9. The van der Waals surface area contributed by atoms with E-state index in [4.69, 9.17) is 9.47 Å². The van der Waals surface area contributed by atoms with E-state index < -0.39 is 6.04 Å². The third-order valence-electron chi connectivity index (χ3n) is 7.61. The average Bonchev–Trinajstić information content (AvgIpc) is 3.53. The van der Waals surface area contributed by atoms with Crippen molar-refractivity contribution in [3.05, 3.63) is 90.5 Å². The molecule has 0 spiro atoms. The Balaban J connectivity index is 1.44. The van der Waals surface area contributed by atoms with Gasteiger partial charge in [-0.05, 0) is 67.5 Å². The van der Waals surface area contributed by atoms with Crippen molar-refractivity contribution in [2.75, 3.05) is 26.8 Å². The number of rotatable bonds is 15. The molecular weight excluding hydrogens is 490 g/mol. The summed E-state index contributed by atoms with van der Waals surface area (Å²) in [7, 11) is 1.68. The van der Waals surface area contributed by atoms with Gasteiger partial charge in [-0.3, -0.25) is 9.59 Å². The molecule has 7 nitrogen and oxygen atoms in total. The Morgan fingerprint density at radius 1 is 1.15 bits per heavy atom. The van der Waals surface area contributed by atoms with Crippen LogP contribution in [0, 0.1) is 0 Å². The lowest BCUT2D eigenvalue weighted by molar-refractivity contribution is -0.137. The zero-order chi connectivity index (χ0) is 27.6. The predicted molar refractivity (Wildman–Crippen MR) is 153 cm³/mol. The summed E-state index contributed by atoms with van der Waals surface area (Å²) in [4.78, 5) is 27.6. The summed E-state index contributed by atoms with van der Waals surface area (Å²) in [5.41, 5.74) is 3.52. The van der Waals surface area contributed by atoms with Crippen molar-refractivity contribution >= 4 is 11.8 Å². The van der Waals surface area contributed by atoms with E-state index in [0.717, 1.165) is 30.6 Å². The van der Waals surface area contributed by atoms with Crippen molar-refractivity contribution < 1.29 is 19.1 Å². The fourth-order valence-electron chi connectivity index (χ4n) is 5.66. The number of amides is 2. The smallest absolute Gasteiger partial charge is 0.243 e. The van der Waals surface area contributed by atoms with Crippen LogP contribution in [0.3, 0.4) is 0 Å². The summed E-state index contributed by atoms with van der Waals surface area (Å²) in [6.45, 7) is 9.43. The second-order valence-electron chi connectivity index (χ2n) is 10.3. The van der Waals surface area contributed by atoms with Gasteiger partial charge in [-0.25, -0.2) is 0 Å². The molecule has 1 aliphatic heterocycles. The number of likely N-dealkylation sites (tertiary alicyclic amines) is 1. The molecule has 0 saturated carbocycles. The van der Waals surface area contributed by atoms with Crippen LogP contribution < -0.4 is 15.4 Å². The lowest BCUT2D eigenvalue weighted by Crippen LogP contribution is -2.51. The number of ether oxygens (including phenoxy) is 2. The lowest BCUT2D eigenvalue weighted by atomic mass is 10.0. The van der Waals surface area contributed by atoms with Gasteiger partial charge in [-0.2, -0.15) is 0 Å². The summed E-state index contributed by atoms with van der Waals surface area (Å²) < 4.78 is 11.5. The Labute approximate surface area is 232 Å². The molecule has 1 aliphatic carbocycles. The molecule has 2 aromatic rings. The first-order valence-corrected chi connectivity index (χ1v) is 13.9. The highest BCUT2D eigenvalue weighted by molar-refractivity contribution is 5.88. The number of nitrogens with one attached hydrogen (secondary N) is 2. The first-order chi connectivity index (χ1) is 19.0. The molecule has 208 valence electrons. The third-order valence-corrected chi connectivity index (χ3v) is 7.61. The maximum atomic E-state index is 13.5. The van der Waals surface area contributed by atoms with Crippen LogP contribution in [0.4, 0.5) is 0 Å². The van der Waals surface area contributed by atoms with Gasteiger partial charge in [0.15, 0.2) is 0 Å². The van der Waals surface area contributed by atoms with E-state index in [2.05, 4.69) is 48.1 Å². The van der Waals surface area contributed by atoms with E-state index in [0.29, 0.717) is 39.0 Å². The molecule has 7 heteroatoms. The minimum atomic E-state index is -0.513. The van der Waals surface area contributed by atoms with Crippen LogP contribution in [0.2, 0.25) is 0 Å². The highest BCUT2D eigenvalue weighted by Gasteiger charge is 2.34. The van der Waals surface area contributed by atoms with Crippen LogP contribution in [-0.2, 0) is 20.7 Å². The number of hydrogen-bond donors (Lipinski definition) is 2. The van der Waals surface area contributed by atoms with Crippen LogP contribution in [0.25, 0.3) is 0 Å². The number of carbonyl (C=O) groups is 2. The zero-order valence-electron chi connectivity index (χ0n) is 22.9. The van der Waals surface area contributed by atoms with Crippen molar-refractivity contribution in [3.63, 3.8) is 0 Å². The number of fused-ring (bicyclic) bond motifs is 1. The lowest BCUT2D eigenvalue weighted by Gasteiger charge is -2.29. The van der Waals surface area contributed by atoms with E-state index in [-0.39, 0.29) is 30.0 Å². The molecular formula is C32H41N3O4. The Morgan fingerprint density at radius 3 is 2.67 bits per heavy atom. The summed E-state index contributed by atoms with van der Waals surface area (Å²) in [6.07, 6.45) is 7.51. The summed E-state index contributed by atoms with van der Waals surface area (Å²) in [5.74, 6) is 0.755. The topological polar surface area (TPSA) is 79.9 Å². The molecule has 0 radical (unpaired) electrons. The van der Waals surface area contributed by atoms with Crippen LogP contribution in [0.1, 0.15) is 60.9 Å². The highest BCUT2D eigenvalue weighted by Crippen LogP contribution is 2.42. The third kappa shape index (κ3) is 7.37. The maximum absolute atomic E-state index is 13.5. The van der Waals surface area contributed by atoms with Gasteiger partial charge in [0.05, 0.1) is 19.8 Å². The van der Waals surface area contributed by atoms with Gasteiger partial charge in [-0.1, -0.05) is 48.6 Å². The molecule has 1 fully saturated rings. The Hall–Kier alpha value is -3.42. The van der Waals surface area contributed by atoms with Crippen LogP contribution in [0.15, 0.2) is 73.8 Å². The first kappa shape index (κ1) is 28.6. The van der Waals surface area contributed by atoms with E-state index in [1.807, 2.05) is 24.3 Å². The minimum absolute atomic E-state index is 0.00103. The number of carbonyl (C=O) groups excluding carboxylic acids is 2. The second kappa shape index (κ2) is 14.1. The second-order valence-corrected chi connectivity index (χ2v) is 10.3. The molecule has 1 heterocycles. The number of methoxy groups -OCH3 is 1. The van der Waals surface area contributed by atoms with Gasteiger partial charge in [0.25, 0.3) is 0 Å². The molecule has 2 aromatic carbocycles. The van der Waals surface area contributed by atoms with Crippen LogP contribution >= 0.6 is 0 Å². The SMILES string of the molecule is C=CCOC1CC(NCC[C@H](Cc2ccccc2)NC(=O)C(CC=C)N2CCCC2=O)c2cc(OC)ccc21. The molecule has 2 amide bonds. The van der Waals surface area contributed by atoms with Gasteiger partial charge in [0, 0.05) is 25.0 Å². The van der Waals surface area contributed by atoms with E-state index >= 15 is 0 Å².